The first-order valence-corrected chi connectivity index (χ1v) is 35.1. The van der Waals surface area contributed by atoms with Gasteiger partial charge in [-0.05, 0) is 70.6 Å². The first-order chi connectivity index (χ1) is 40.0. The van der Waals surface area contributed by atoms with Crippen molar-refractivity contribution in [2.24, 2.45) is 0 Å². The van der Waals surface area contributed by atoms with Gasteiger partial charge in [0, 0.05) is 19.3 Å². The van der Waals surface area contributed by atoms with E-state index in [4.69, 9.17) is 14.2 Å². The molecule has 0 aliphatic carbocycles. The fraction of sp³-hybridized carbons (Fsp3) is 0.773. The van der Waals surface area contributed by atoms with Gasteiger partial charge >= 0.3 is 17.9 Å². The average molecular weight is 1130 g/mol. The van der Waals surface area contributed by atoms with Gasteiger partial charge in [0.1, 0.15) is 13.2 Å². The first-order valence-electron chi connectivity index (χ1n) is 35.1. The van der Waals surface area contributed by atoms with E-state index in [1.807, 2.05) is 0 Å². The maximum Gasteiger partial charge on any atom is 0.306 e. The third-order valence-corrected chi connectivity index (χ3v) is 15.4. The van der Waals surface area contributed by atoms with E-state index in [0.29, 0.717) is 19.3 Å². The minimum atomic E-state index is -0.804. The Kier molecular flexibility index (Phi) is 66.2. The molecule has 0 radical (unpaired) electrons. The number of rotatable bonds is 64. The number of carbonyl (C=O) groups is 3. The molecule has 0 aromatic rings. The summed E-state index contributed by atoms with van der Waals surface area (Å²) in [7, 11) is 0. The predicted octanol–water partition coefficient (Wildman–Crippen LogP) is 24.2. The van der Waals surface area contributed by atoms with Crippen LogP contribution in [0.1, 0.15) is 355 Å². The highest BCUT2D eigenvalue weighted by molar-refractivity contribution is 5.71. The van der Waals surface area contributed by atoms with Crippen LogP contribution in [0.3, 0.4) is 0 Å². The molecule has 1 atom stereocenters. The summed E-state index contributed by atoms with van der Waals surface area (Å²) in [5.74, 6) is -0.955. The van der Waals surface area contributed by atoms with Gasteiger partial charge in [0.15, 0.2) is 6.10 Å². The number of ether oxygens (including phenoxy) is 3. The highest BCUT2D eigenvalue weighted by Crippen LogP contribution is 2.18. The Balaban J connectivity index is 4.02. The van der Waals surface area contributed by atoms with E-state index < -0.39 is 6.10 Å². The van der Waals surface area contributed by atoms with Crippen molar-refractivity contribution in [2.75, 3.05) is 13.2 Å². The van der Waals surface area contributed by atoms with Gasteiger partial charge < -0.3 is 14.2 Å². The molecule has 0 spiro atoms. The average Bonchev–Trinajstić information content (AvgIpc) is 3.47. The monoisotopic (exact) mass is 1130 g/mol. The quantitative estimate of drug-likeness (QED) is 0.0261. The van der Waals surface area contributed by atoms with Gasteiger partial charge in [0.05, 0.1) is 0 Å². The first kappa shape index (κ1) is 77.6. The van der Waals surface area contributed by atoms with E-state index in [9.17, 15) is 14.4 Å². The molecule has 0 heterocycles. The molecule has 6 heteroatoms. The summed E-state index contributed by atoms with van der Waals surface area (Å²) in [6.07, 6.45) is 92.5. The lowest BCUT2D eigenvalue weighted by Gasteiger charge is -2.18. The fourth-order valence-corrected chi connectivity index (χ4v) is 10.2. The van der Waals surface area contributed by atoms with Crippen molar-refractivity contribution < 1.29 is 28.6 Å². The highest BCUT2D eigenvalue weighted by atomic mass is 16.6. The van der Waals surface area contributed by atoms with Crippen molar-refractivity contribution in [1.82, 2.24) is 0 Å². The summed E-state index contributed by atoms with van der Waals surface area (Å²) in [5.41, 5.74) is 0. The third-order valence-electron chi connectivity index (χ3n) is 15.4. The smallest absolute Gasteiger partial charge is 0.306 e. The van der Waals surface area contributed by atoms with Crippen LogP contribution in [0.25, 0.3) is 0 Å². The number of hydrogen-bond acceptors (Lipinski definition) is 6. The minimum absolute atomic E-state index is 0.0968. The van der Waals surface area contributed by atoms with E-state index >= 15 is 0 Å². The number of unbranched alkanes of at least 4 members (excludes halogenated alkanes) is 39. The number of allylic oxidation sites excluding steroid dienone is 14. The Bertz CT molecular complexity index is 1530. The van der Waals surface area contributed by atoms with Gasteiger partial charge in [-0.1, -0.05) is 350 Å². The maximum atomic E-state index is 12.8. The standard InChI is InChI=1S/C75H132O6/c1-4-7-10-13-16-18-20-22-24-26-28-30-32-33-34-35-36-37-38-39-40-41-42-44-45-47-49-51-53-55-57-59-62-65-68-74(77)80-71-72(70-79-73(76)67-64-61-15-12-9-6-3)81-75(78)69-66-63-60-58-56-54-52-50-48-46-43-31-29-27-25-23-21-19-17-14-11-8-5-2/h8,11,17,19,23,25,29,31,46,48,52,54,58,60,72H,4-7,9-10,12-16,18,20-22,24,26-28,30,32-45,47,49-51,53,55-57,59,61-71H2,1-3H3/b11-8-,19-17-,25-23-,31-29-,48-46-,54-52-,60-58-. The molecule has 81 heavy (non-hydrogen) atoms. The van der Waals surface area contributed by atoms with Gasteiger partial charge in [-0.25, -0.2) is 0 Å². The van der Waals surface area contributed by atoms with Gasteiger partial charge in [-0.2, -0.15) is 0 Å². The molecule has 0 aliphatic rings. The van der Waals surface area contributed by atoms with E-state index in [1.54, 1.807) is 0 Å². The molecule has 0 aromatic carbocycles. The lowest BCUT2D eigenvalue weighted by molar-refractivity contribution is -0.167. The van der Waals surface area contributed by atoms with Crippen LogP contribution >= 0.6 is 0 Å². The normalized spacial score (nSPS) is 12.6. The van der Waals surface area contributed by atoms with Crippen molar-refractivity contribution in [3.05, 3.63) is 85.1 Å². The summed E-state index contributed by atoms with van der Waals surface area (Å²) in [6, 6.07) is 0. The maximum absolute atomic E-state index is 12.8. The second-order valence-electron chi connectivity index (χ2n) is 23.4. The molecule has 0 aliphatic heterocycles. The van der Waals surface area contributed by atoms with E-state index in [2.05, 4.69) is 106 Å². The van der Waals surface area contributed by atoms with Crippen LogP contribution in [0.2, 0.25) is 0 Å². The largest absolute Gasteiger partial charge is 0.462 e. The Labute approximate surface area is 503 Å². The van der Waals surface area contributed by atoms with Crippen LogP contribution in [-0.2, 0) is 28.6 Å². The van der Waals surface area contributed by atoms with Gasteiger partial charge in [0.25, 0.3) is 0 Å². The molecule has 1 unspecified atom stereocenters. The van der Waals surface area contributed by atoms with Crippen molar-refractivity contribution in [3.8, 4) is 0 Å². The zero-order valence-electron chi connectivity index (χ0n) is 53.8. The summed E-state index contributed by atoms with van der Waals surface area (Å²) < 4.78 is 16.8. The molecule has 0 aromatic heterocycles. The fourth-order valence-electron chi connectivity index (χ4n) is 10.2. The van der Waals surface area contributed by atoms with Crippen molar-refractivity contribution in [2.45, 2.75) is 361 Å². The minimum Gasteiger partial charge on any atom is -0.462 e. The van der Waals surface area contributed by atoms with E-state index in [1.165, 1.54) is 218 Å². The van der Waals surface area contributed by atoms with Gasteiger partial charge in [-0.3, -0.25) is 14.4 Å². The van der Waals surface area contributed by atoms with E-state index in [0.717, 1.165) is 89.9 Å². The molecule has 0 rings (SSSR count). The second kappa shape index (κ2) is 69.1. The molecule has 0 N–H and O–H groups in total. The summed E-state index contributed by atoms with van der Waals surface area (Å²) in [4.78, 5) is 38.0. The SMILES string of the molecule is CC/C=C\C/C=C\C/C=C\C/C=C\C/C=C\C/C=C\C/C=C\CCCC(=O)OC(COC(=O)CCCCCCCC)COC(=O)CCCCCCCCCCCCCCCCCCCCCCCCCCCCCCCCCCCC. The Hall–Kier alpha value is -3.41. The second-order valence-corrected chi connectivity index (χ2v) is 23.4. The third kappa shape index (κ3) is 67.3. The topological polar surface area (TPSA) is 78.9 Å². The molecular formula is C75H132O6. The summed E-state index contributed by atoms with van der Waals surface area (Å²) >= 11 is 0. The Morgan fingerprint density at radius 2 is 0.481 bits per heavy atom. The van der Waals surface area contributed by atoms with Crippen LogP contribution in [0.15, 0.2) is 85.1 Å². The van der Waals surface area contributed by atoms with Crippen LogP contribution in [0, 0.1) is 0 Å². The lowest BCUT2D eigenvalue weighted by atomic mass is 10.0. The van der Waals surface area contributed by atoms with Crippen molar-refractivity contribution in [1.29, 1.82) is 0 Å². The molecule has 0 amide bonds. The van der Waals surface area contributed by atoms with Crippen LogP contribution in [0.5, 0.6) is 0 Å². The molecule has 0 saturated carbocycles. The zero-order valence-corrected chi connectivity index (χ0v) is 53.8. The molecule has 468 valence electrons. The van der Waals surface area contributed by atoms with Crippen LogP contribution < -0.4 is 0 Å². The van der Waals surface area contributed by atoms with Crippen LogP contribution in [0.4, 0.5) is 0 Å². The van der Waals surface area contributed by atoms with Crippen LogP contribution in [-0.4, -0.2) is 37.2 Å². The van der Waals surface area contributed by atoms with Gasteiger partial charge in [-0.15, -0.1) is 0 Å². The lowest BCUT2D eigenvalue weighted by Crippen LogP contribution is -2.30. The van der Waals surface area contributed by atoms with Gasteiger partial charge in [0.2, 0.25) is 0 Å². The number of carbonyl (C=O) groups excluding carboxylic acids is 3. The summed E-state index contributed by atoms with van der Waals surface area (Å²) in [5, 5.41) is 0. The number of esters is 3. The molecule has 0 fully saturated rings. The molecular weight excluding hydrogens is 997 g/mol. The number of hydrogen-bond donors (Lipinski definition) is 0. The zero-order chi connectivity index (χ0) is 58.5. The van der Waals surface area contributed by atoms with Crippen molar-refractivity contribution in [3.63, 3.8) is 0 Å². The van der Waals surface area contributed by atoms with Crippen molar-refractivity contribution >= 4 is 17.9 Å². The summed E-state index contributed by atoms with van der Waals surface area (Å²) in [6.45, 7) is 6.46. The molecule has 0 saturated heterocycles. The Morgan fingerprint density at radius 1 is 0.259 bits per heavy atom. The Morgan fingerprint density at radius 3 is 0.741 bits per heavy atom. The molecule has 6 nitrogen and oxygen atoms in total. The highest BCUT2D eigenvalue weighted by Gasteiger charge is 2.19. The predicted molar refractivity (Wildman–Crippen MR) is 353 cm³/mol. The molecule has 0 bridgehead atoms. The van der Waals surface area contributed by atoms with E-state index in [-0.39, 0.29) is 37.5 Å².